The van der Waals surface area contributed by atoms with Crippen LogP contribution in [0.2, 0.25) is 0 Å². The number of pyridine rings is 1. The number of anilines is 1. The lowest BCUT2D eigenvalue weighted by Gasteiger charge is -2.33. The molecule has 0 amide bonds. The quantitative estimate of drug-likeness (QED) is 0.491. The van der Waals surface area contributed by atoms with Gasteiger partial charge in [0.2, 0.25) is 0 Å². The van der Waals surface area contributed by atoms with Crippen LogP contribution in [-0.4, -0.2) is 47.3 Å². The number of hydrogen-bond donors (Lipinski definition) is 0. The van der Waals surface area contributed by atoms with Crippen LogP contribution in [0, 0.1) is 10.1 Å². The van der Waals surface area contributed by atoms with Gasteiger partial charge in [-0.1, -0.05) is 18.2 Å². The number of hydrogen-bond acceptors (Lipinski definition) is 6. The first kappa shape index (κ1) is 15.0. The highest BCUT2D eigenvalue weighted by atomic mass is 16.6. The third-order valence-corrected chi connectivity index (χ3v) is 3.68. The Morgan fingerprint density at radius 1 is 1.13 bits per heavy atom. The first-order valence-corrected chi connectivity index (χ1v) is 7.42. The van der Waals surface area contributed by atoms with Crippen molar-refractivity contribution in [2.45, 2.75) is 0 Å². The van der Waals surface area contributed by atoms with Gasteiger partial charge in [0.05, 0.1) is 24.2 Å². The minimum Gasteiger partial charge on any atom is -0.353 e. The normalized spacial score (nSPS) is 15.1. The lowest BCUT2D eigenvalue weighted by Crippen LogP contribution is -2.44. The molecule has 1 aromatic carbocycles. The SMILES string of the molecule is O=[N+]([O-])c1cccc(/C=N/N2CCN(c3ccccn3)CC2)c1. The zero-order valence-corrected chi connectivity index (χ0v) is 12.6. The molecule has 7 heteroatoms. The van der Waals surface area contributed by atoms with Crippen molar-refractivity contribution in [2.24, 2.45) is 5.10 Å². The maximum Gasteiger partial charge on any atom is 0.270 e. The molecule has 1 saturated heterocycles. The fraction of sp³-hybridized carbons (Fsp3) is 0.250. The van der Waals surface area contributed by atoms with E-state index in [2.05, 4.69) is 15.0 Å². The Morgan fingerprint density at radius 3 is 2.65 bits per heavy atom. The summed E-state index contributed by atoms with van der Waals surface area (Å²) in [5.41, 5.74) is 0.806. The van der Waals surface area contributed by atoms with Gasteiger partial charge in [0.15, 0.2) is 0 Å². The van der Waals surface area contributed by atoms with E-state index >= 15 is 0 Å². The molecule has 0 saturated carbocycles. The predicted molar refractivity (Wildman–Crippen MR) is 88.7 cm³/mol. The Balaban J connectivity index is 1.58. The number of piperazine rings is 1. The summed E-state index contributed by atoms with van der Waals surface area (Å²) in [6.45, 7) is 3.29. The van der Waals surface area contributed by atoms with Crippen molar-refractivity contribution >= 4 is 17.7 Å². The average Bonchev–Trinajstić information content (AvgIpc) is 2.61. The Bertz CT molecular complexity index is 697. The highest BCUT2D eigenvalue weighted by Crippen LogP contribution is 2.14. The van der Waals surface area contributed by atoms with E-state index in [1.165, 1.54) is 12.1 Å². The van der Waals surface area contributed by atoms with Crippen molar-refractivity contribution in [3.05, 3.63) is 64.3 Å². The van der Waals surface area contributed by atoms with E-state index < -0.39 is 4.92 Å². The summed E-state index contributed by atoms with van der Waals surface area (Å²) in [5, 5.41) is 17.2. The number of rotatable bonds is 4. The van der Waals surface area contributed by atoms with Crippen LogP contribution in [0.25, 0.3) is 0 Å². The minimum absolute atomic E-state index is 0.0777. The molecule has 0 aliphatic carbocycles. The molecule has 23 heavy (non-hydrogen) atoms. The molecular weight excluding hydrogens is 294 g/mol. The summed E-state index contributed by atoms with van der Waals surface area (Å²) in [5.74, 6) is 0.981. The molecule has 1 aliphatic heterocycles. The predicted octanol–water partition coefficient (Wildman–Crippen LogP) is 2.15. The van der Waals surface area contributed by atoms with Crippen LogP contribution in [0.3, 0.4) is 0 Å². The number of nitro groups is 1. The van der Waals surface area contributed by atoms with Crippen LogP contribution < -0.4 is 4.90 Å². The number of benzene rings is 1. The second-order valence-corrected chi connectivity index (χ2v) is 5.23. The molecule has 0 spiro atoms. The standard InChI is InChI=1S/C16H17N5O2/c22-21(23)15-5-3-4-14(12-15)13-18-20-10-8-19(9-11-20)16-6-1-2-7-17-16/h1-7,12-13H,8-11H2/b18-13+. The second kappa shape index (κ2) is 6.87. The fourth-order valence-electron chi connectivity index (χ4n) is 2.45. The summed E-state index contributed by atoms with van der Waals surface area (Å²) >= 11 is 0. The van der Waals surface area contributed by atoms with Crippen LogP contribution in [0.4, 0.5) is 11.5 Å². The van der Waals surface area contributed by atoms with E-state index in [9.17, 15) is 10.1 Å². The molecule has 0 radical (unpaired) electrons. The van der Waals surface area contributed by atoms with E-state index in [0.717, 1.165) is 37.6 Å². The van der Waals surface area contributed by atoms with Crippen molar-refractivity contribution in [3.63, 3.8) is 0 Å². The van der Waals surface area contributed by atoms with E-state index in [1.807, 2.05) is 23.2 Å². The summed E-state index contributed by atoms with van der Waals surface area (Å²) in [6, 6.07) is 12.4. The third-order valence-electron chi connectivity index (χ3n) is 3.68. The lowest BCUT2D eigenvalue weighted by atomic mass is 10.2. The number of nitro benzene ring substituents is 1. The molecule has 0 bridgehead atoms. The summed E-state index contributed by atoms with van der Waals surface area (Å²) in [4.78, 5) is 16.9. The molecule has 0 atom stereocenters. The van der Waals surface area contributed by atoms with E-state index in [1.54, 1.807) is 24.5 Å². The maximum atomic E-state index is 10.8. The fourth-order valence-corrected chi connectivity index (χ4v) is 2.45. The van der Waals surface area contributed by atoms with Crippen LogP contribution in [0.1, 0.15) is 5.56 Å². The van der Waals surface area contributed by atoms with Crippen molar-refractivity contribution in [3.8, 4) is 0 Å². The average molecular weight is 311 g/mol. The van der Waals surface area contributed by atoms with Crippen molar-refractivity contribution in [1.82, 2.24) is 9.99 Å². The molecule has 2 aromatic rings. The molecular formula is C16H17N5O2. The van der Waals surface area contributed by atoms with Crippen molar-refractivity contribution in [1.29, 1.82) is 0 Å². The second-order valence-electron chi connectivity index (χ2n) is 5.23. The third kappa shape index (κ3) is 3.82. The van der Waals surface area contributed by atoms with Crippen LogP contribution in [0.5, 0.6) is 0 Å². The first-order chi connectivity index (χ1) is 11.2. The smallest absolute Gasteiger partial charge is 0.270 e. The number of non-ortho nitro benzene ring substituents is 1. The molecule has 3 rings (SSSR count). The van der Waals surface area contributed by atoms with Gasteiger partial charge in [-0.15, -0.1) is 0 Å². The van der Waals surface area contributed by atoms with Crippen molar-refractivity contribution < 1.29 is 4.92 Å². The summed E-state index contributed by atoms with van der Waals surface area (Å²) < 4.78 is 0. The lowest BCUT2D eigenvalue weighted by molar-refractivity contribution is -0.384. The van der Waals surface area contributed by atoms with E-state index in [4.69, 9.17) is 0 Å². The molecule has 0 unspecified atom stereocenters. The molecule has 1 aromatic heterocycles. The molecule has 1 aliphatic rings. The van der Waals surface area contributed by atoms with Crippen LogP contribution in [-0.2, 0) is 0 Å². The largest absolute Gasteiger partial charge is 0.353 e. The molecule has 118 valence electrons. The number of aromatic nitrogens is 1. The van der Waals surface area contributed by atoms with Gasteiger partial charge in [-0.05, 0) is 12.1 Å². The Morgan fingerprint density at radius 2 is 1.96 bits per heavy atom. The van der Waals surface area contributed by atoms with Gasteiger partial charge in [-0.25, -0.2) is 4.98 Å². The maximum absolute atomic E-state index is 10.8. The Kier molecular flexibility index (Phi) is 4.46. The monoisotopic (exact) mass is 311 g/mol. The van der Waals surface area contributed by atoms with Gasteiger partial charge >= 0.3 is 0 Å². The van der Waals surface area contributed by atoms with Crippen molar-refractivity contribution in [2.75, 3.05) is 31.1 Å². The zero-order chi connectivity index (χ0) is 16.1. The van der Waals surface area contributed by atoms with Gasteiger partial charge in [-0.2, -0.15) is 5.10 Å². The first-order valence-electron chi connectivity index (χ1n) is 7.42. The van der Waals surface area contributed by atoms with Gasteiger partial charge in [0, 0.05) is 37.0 Å². The van der Waals surface area contributed by atoms with Gasteiger partial charge in [-0.3, -0.25) is 15.1 Å². The zero-order valence-electron chi connectivity index (χ0n) is 12.6. The summed E-state index contributed by atoms with van der Waals surface area (Å²) in [7, 11) is 0. The van der Waals surface area contributed by atoms with Gasteiger partial charge in [0.25, 0.3) is 5.69 Å². The van der Waals surface area contributed by atoms with E-state index in [-0.39, 0.29) is 5.69 Å². The number of nitrogens with zero attached hydrogens (tertiary/aromatic N) is 5. The molecule has 0 N–H and O–H groups in total. The highest BCUT2D eigenvalue weighted by Gasteiger charge is 2.16. The number of hydrazone groups is 1. The summed E-state index contributed by atoms with van der Waals surface area (Å²) in [6.07, 6.45) is 3.46. The Hall–Kier alpha value is -2.96. The Labute approximate surface area is 134 Å². The van der Waals surface area contributed by atoms with Crippen LogP contribution in [0.15, 0.2) is 53.8 Å². The van der Waals surface area contributed by atoms with E-state index in [0.29, 0.717) is 0 Å². The highest BCUT2D eigenvalue weighted by molar-refractivity contribution is 5.80. The molecule has 1 fully saturated rings. The minimum atomic E-state index is -0.400. The van der Waals surface area contributed by atoms with Gasteiger partial charge in [0.1, 0.15) is 5.82 Å². The molecule has 7 nitrogen and oxygen atoms in total. The van der Waals surface area contributed by atoms with Gasteiger partial charge < -0.3 is 4.90 Å². The topological polar surface area (TPSA) is 74.9 Å². The van der Waals surface area contributed by atoms with Crippen LogP contribution >= 0.6 is 0 Å². The molecule has 2 heterocycles.